The van der Waals surface area contributed by atoms with Gasteiger partial charge in [0.15, 0.2) is 0 Å². The Kier molecular flexibility index (Phi) is 4.96. The number of halogens is 1. The molecular formula is C19H28BrNO. The Bertz CT molecular complexity index is 510. The van der Waals surface area contributed by atoms with Crippen LogP contribution in [0.1, 0.15) is 38.2 Å². The molecule has 2 heterocycles. The standard InChI is InChI=1S/C19H28BrNO/c1-19(2)13-21(3)12-16(19)18(14-8-10-22-11-9-14)15-6-4-5-7-17(15)20/h4-7,14,16,18H,8-13H2,1-3H3/t16-,18?/m0/s1. The van der Waals surface area contributed by atoms with E-state index in [9.17, 15) is 0 Å². The van der Waals surface area contributed by atoms with Gasteiger partial charge in [-0.3, -0.25) is 0 Å². The predicted octanol–water partition coefficient (Wildman–Crippen LogP) is 4.55. The summed E-state index contributed by atoms with van der Waals surface area (Å²) in [6.07, 6.45) is 2.39. The third-order valence-corrected chi connectivity index (χ3v) is 6.38. The number of hydrogen-bond donors (Lipinski definition) is 0. The Morgan fingerprint density at radius 2 is 1.91 bits per heavy atom. The van der Waals surface area contributed by atoms with Crippen molar-refractivity contribution in [1.82, 2.24) is 4.90 Å². The molecule has 122 valence electrons. The lowest BCUT2D eigenvalue weighted by atomic mass is 9.65. The molecule has 2 atom stereocenters. The van der Waals surface area contributed by atoms with Gasteiger partial charge in [-0.25, -0.2) is 0 Å². The quantitative estimate of drug-likeness (QED) is 0.778. The highest BCUT2D eigenvalue weighted by molar-refractivity contribution is 9.10. The molecule has 0 aliphatic carbocycles. The summed E-state index contributed by atoms with van der Waals surface area (Å²) in [5, 5.41) is 0. The average molecular weight is 366 g/mol. The molecule has 1 aromatic carbocycles. The number of likely N-dealkylation sites (tertiary alicyclic amines) is 1. The Morgan fingerprint density at radius 1 is 1.23 bits per heavy atom. The second-order valence-corrected chi connectivity index (χ2v) is 8.64. The summed E-state index contributed by atoms with van der Waals surface area (Å²) in [7, 11) is 2.27. The van der Waals surface area contributed by atoms with Crippen LogP contribution in [0.4, 0.5) is 0 Å². The molecule has 0 saturated carbocycles. The van der Waals surface area contributed by atoms with Gasteiger partial charge in [0.25, 0.3) is 0 Å². The molecular weight excluding hydrogens is 338 g/mol. The van der Waals surface area contributed by atoms with Crippen molar-refractivity contribution in [3.8, 4) is 0 Å². The molecule has 0 N–H and O–H groups in total. The molecule has 1 unspecified atom stereocenters. The molecule has 2 saturated heterocycles. The van der Waals surface area contributed by atoms with Crippen LogP contribution in [-0.4, -0.2) is 38.3 Å². The lowest BCUT2D eigenvalue weighted by molar-refractivity contribution is 0.0423. The number of ether oxygens (including phenoxy) is 1. The van der Waals surface area contributed by atoms with Gasteiger partial charge in [-0.05, 0) is 54.7 Å². The molecule has 3 rings (SSSR count). The molecule has 0 spiro atoms. The van der Waals surface area contributed by atoms with Crippen LogP contribution < -0.4 is 0 Å². The molecule has 2 nitrogen and oxygen atoms in total. The normalized spacial score (nSPS) is 27.9. The summed E-state index contributed by atoms with van der Waals surface area (Å²) in [5.74, 6) is 2.07. The first-order valence-corrected chi connectivity index (χ1v) is 9.29. The molecule has 1 aromatic rings. The van der Waals surface area contributed by atoms with Crippen LogP contribution in [0, 0.1) is 17.3 Å². The fraction of sp³-hybridized carbons (Fsp3) is 0.684. The molecule has 0 radical (unpaired) electrons. The summed E-state index contributed by atoms with van der Waals surface area (Å²) in [4.78, 5) is 2.51. The zero-order valence-electron chi connectivity index (χ0n) is 14.0. The highest BCUT2D eigenvalue weighted by atomic mass is 79.9. The highest BCUT2D eigenvalue weighted by Gasteiger charge is 2.45. The van der Waals surface area contributed by atoms with Crippen LogP contribution in [0.25, 0.3) is 0 Å². The van der Waals surface area contributed by atoms with Gasteiger partial charge in [0, 0.05) is 30.8 Å². The third-order valence-electron chi connectivity index (χ3n) is 5.66. The fourth-order valence-electron chi connectivity index (χ4n) is 4.68. The SMILES string of the molecule is CN1C[C@@H](C(c2ccccc2Br)C2CCOCC2)C(C)(C)C1. The number of rotatable bonds is 3. The molecule has 2 aliphatic heterocycles. The molecule has 0 amide bonds. The van der Waals surface area contributed by atoms with Crippen LogP contribution >= 0.6 is 15.9 Å². The van der Waals surface area contributed by atoms with Crippen molar-refractivity contribution in [3.05, 3.63) is 34.3 Å². The van der Waals surface area contributed by atoms with E-state index < -0.39 is 0 Å². The van der Waals surface area contributed by atoms with Gasteiger partial charge in [0.05, 0.1) is 0 Å². The van der Waals surface area contributed by atoms with E-state index in [1.807, 2.05) is 0 Å². The van der Waals surface area contributed by atoms with Crippen molar-refractivity contribution in [2.24, 2.45) is 17.3 Å². The highest BCUT2D eigenvalue weighted by Crippen LogP contribution is 2.50. The van der Waals surface area contributed by atoms with E-state index in [2.05, 4.69) is 66.0 Å². The number of nitrogens with zero attached hydrogens (tertiary/aromatic N) is 1. The van der Waals surface area contributed by atoms with Gasteiger partial charge in [0.1, 0.15) is 0 Å². The third kappa shape index (κ3) is 3.27. The summed E-state index contributed by atoms with van der Waals surface area (Å²) in [6.45, 7) is 9.15. The first-order chi connectivity index (χ1) is 10.5. The van der Waals surface area contributed by atoms with E-state index >= 15 is 0 Å². The van der Waals surface area contributed by atoms with Crippen LogP contribution in [0.3, 0.4) is 0 Å². The van der Waals surface area contributed by atoms with Crippen molar-refractivity contribution in [2.45, 2.75) is 32.6 Å². The molecule has 3 heteroatoms. The second-order valence-electron chi connectivity index (χ2n) is 7.79. The van der Waals surface area contributed by atoms with Crippen LogP contribution in [-0.2, 0) is 4.74 Å². The van der Waals surface area contributed by atoms with Crippen molar-refractivity contribution in [3.63, 3.8) is 0 Å². The van der Waals surface area contributed by atoms with Gasteiger partial charge in [-0.15, -0.1) is 0 Å². The minimum Gasteiger partial charge on any atom is -0.381 e. The largest absolute Gasteiger partial charge is 0.381 e. The first-order valence-electron chi connectivity index (χ1n) is 8.50. The Labute approximate surface area is 143 Å². The van der Waals surface area contributed by atoms with E-state index in [0.717, 1.165) is 19.1 Å². The summed E-state index contributed by atoms with van der Waals surface area (Å²) >= 11 is 3.82. The van der Waals surface area contributed by atoms with Crippen molar-refractivity contribution < 1.29 is 4.74 Å². The first kappa shape index (κ1) is 16.5. The topological polar surface area (TPSA) is 12.5 Å². The van der Waals surface area contributed by atoms with Crippen molar-refractivity contribution in [1.29, 1.82) is 0 Å². The van der Waals surface area contributed by atoms with Gasteiger partial charge in [-0.1, -0.05) is 48.0 Å². The minimum absolute atomic E-state index is 0.368. The van der Waals surface area contributed by atoms with Crippen LogP contribution in [0.2, 0.25) is 0 Å². The average Bonchev–Trinajstić information content (AvgIpc) is 2.75. The molecule has 2 aliphatic rings. The van der Waals surface area contributed by atoms with Crippen LogP contribution in [0.15, 0.2) is 28.7 Å². The number of benzene rings is 1. The van der Waals surface area contributed by atoms with Crippen molar-refractivity contribution in [2.75, 3.05) is 33.4 Å². The summed E-state index contributed by atoms with van der Waals surface area (Å²) in [6, 6.07) is 8.85. The smallest absolute Gasteiger partial charge is 0.0468 e. The zero-order valence-corrected chi connectivity index (χ0v) is 15.6. The lowest BCUT2D eigenvalue weighted by Gasteiger charge is -2.40. The molecule has 0 aromatic heterocycles. The maximum Gasteiger partial charge on any atom is 0.0468 e. The van der Waals surface area contributed by atoms with E-state index in [4.69, 9.17) is 4.74 Å². The van der Waals surface area contributed by atoms with Crippen molar-refractivity contribution >= 4 is 15.9 Å². The molecule has 2 fully saturated rings. The maximum absolute atomic E-state index is 5.63. The minimum atomic E-state index is 0.368. The Morgan fingerprint density at radius 3 is 2.50 bits per heavy atom. The molecule has 0 bridgehead atoms. The Balaban J connectivity index is 1.98. The second kappa shape index (κ2) is 6.62. The van der Waals surface area contributed by atoms with Gasteiger partial charge < -0.3 is 9.64 Å². The monoisotopic (exact) mass is 365 g/mol. The maximum atomic E-state index is 5.63. The number of hydrogen-bond acceptors (Lipinski definition) is 2. The lowest BCUT2D eigenvalue weighted by Crippen LogP contribution is -2.34. The van der Waals surface area contributed by atoms with Gasteiger partial charge >= 0.3 is 0 Å². The van der Waals surface area contributed by atoms with E-state index in [1.54, 1.807) is 0 Å². The fourth-order valence-corrected chi connectivity index (χ4v) is 5.23. The zero-order chi connectivity index (χ0) is 15.7. The van der Waals surface area contributed by atoms with Crippen LogP contribution in [0.5, 0.6) is 0 Å². The van der Waals surface area contributed by atoms with E-state index in [1.165, 1.54) is 36.0 Å². The molecule has 22 heavy (non-hydrogen) atoms. The van der Waals surface area contributed by atoms with E-state index in [-0.39, 0.29) is 0 Å². The summed E-state index contributed by atoms with van der Waals surface area (Å²) in [5.41, 5.74) is 1.87. The van der Waals surface area contributed by atoms with E-state index in [0.29, 0.717) is 17.3 Å². The predicted molar refractivity (Wildman–Crippen MR) is 95.2 cm³/mol. The summed E-state index contributed by atoms with van der Waals surface area (Å²) < 4.78 is 6.90. The Hall–Kier alpha value is -0.380. The van der Waals surface area contributed by atoms with Gasteiger partial charge in [0.2, 0.25) is 0 Å². The van der Waals surface area contributed by atoms with Gasteiger partial charge in [-0.2, -0.15) is 0 Å².